The molecule has 0 aromatic heterocycles. The van der Waals surface area contributed by atoms with Gasteiger partial charge in [-0.25, -0.2) is 0 Å². The van der Waals surface area contributed by atoms with Crippen molar-refractivity contribution in [2.75, 3.05) is 41.2 Å². The normalized spacial score (nSPS) is 24.5. The Kier molecular flexibility index (Phi) is 5.01. The summed E-state index contributed by atoms with van der Waals surface area (Å²) in [7, 11) is 5.00. The molecule has 3 heterocycles. The molecule has 0 spiro atoms. The van der Waals surface area contributed by atoms with Gasteiger partial charge in [0.15, 0.2) is 17.2 Å². The first-order chi connectivity index (χ1) is 15.1. The SMILES string of the molecule is COc1cc(OC)c(C2CC(C)(N3CCCC3)Oc3cc4c(cc32)OCO4)c(OC)c1. The van der Waals surface area contributed by atoms with Crippen molar-refractivity contribution in [3.05, 3.63) is 35.4 Å². The number of fused-ring (bicyclic) bond motifs is 2. The van der Waals surface area contributed by atoms with Gasteiger partial charge in [0, 0.05) is 54.8 Å². The molecule has 5 rings (SSSR count). The quantitative estimate of drug-likeness (QED) is 0.710. The number of methoxy groups -OCH3 is 3. The van der Waals surface area contributed by atoms with Gasteiger partial charge < -0.3 is 28.4 Å². The average molecular weight is 427 g/mol. The second-order valence-corrected chi connectivity index (χ2v) is 8.42. The first-order valence-corrected chi connectivity index (χ1v) is 10.7. The molecule has 0 aliphatic carbocycles. The molecule has 2 atom stereocenters. The van der Waals surface area contributed by atoms with E-state index >= 15 is 0 Å². The van der Waals surface area contributed by atoms with Gasteiger partial charge in [-0.05, 0) is 25.8 Å². The summed E-state index contributed by atoms with van der Waals surface area (Å²) in [6.07, 6.45) is 3.14. The minimum absolute atomic E-state index is 0.0142. The van der Waals surface area contributed by atoms with E-state index < -0.39 is 5.72 Å². The summed E-state index contributed by atoms with van der Waals surface area (Å²) < 4.78 is 35.1. The third-order valence-corrected chi connectivity index (χ3v) is 6.67. The fourth-order valence-electron chi connectivity index (χ4n) is 5.08. The Labute approximate surface area is 182 Å². The van der Waals surface area contributed by atoms with E-state index in [0.29, 0.717) is 5.75 Å². The molecule has 0 bridgehead atoms. The zero-order chi connectivity index (χ0) is 21.6. The highest BCUT2D eigenvalue weighted by Crippen LogP contribution is 2.54. The fourth-order valence-corrected chi connectivity index (χ4v) is 5.08. The lowest BCUT2D eigenvalue weighted by molar-refractivity contribution is -0.0769. The summed E-state index contributed by atoms with van der Waals surface area (Å²) in [5, 5.41) is 0. The third-order valence-electron chi connectivity index (χ3n) is 6.67. The van der Waals surface area contributed by atoms with Crippen LogP contribution in [0.4, 0.5) is 0 Å². The van der Waals surface area contributed by atoms with Crippen molar-refractivity contribution >= 4 is 0 Å². The van der Waals surface area contributed by atoms with Crippen molar-refractivity contribution in [1.82, 2.24) is 4.90 Å². The van der Waals surface area contributed by atoms with Gasteiger partial charge in [0.05, 0.1) is 21.3 Å². The van der Waals surface area contributed by atoms with Gasteiger partial charge in [0.1, 0.15) is 23.0 Å². The predicted octanol–water partition coefficient (Wildman–Crippen LogP) is 4.17. The van der Waals surface area contributed by atoms with Crippen LogP contribution >= 0.6 is 0 Å². The van der Waals surface area contributed by atoms with Crippen molar-refractivity contribution < 1.29 is 28.4 Å². The largest absolute Gasteiger partial charge is 0.496 e. The number of likely N-dealkylation sites (tertiary alicyclic amines) is 1. The zero-order valence-corrected chi connectivity index (χ0v) is 18.5. The van der Waals surface area contributed by atoms with Crippen LogP contribution in [0.3, 0.4) is 0 Å². The van der Waals surface area contributed by atoms with Crippen LogP contribution in [-0.4, -0.2) is 51.8 Å². The van der Waals surface area contributed by atoms with Gasteiger partial charge in [-0.2, -0.15) is 0 Å². The average Bonchev–Trinajstić information content (AvgIpc) is 3.48. The molecular weight excluding hydrogens is 398 g/mol. The molecule has 0 saturated carbocycles. The first-order valence-electron chi connectivity index (χ1n) is 10.7. The van der Waals surface area contributed by atoms with E-state index in [-0.39, 0.29) is 12.7 Å². The van der Waals surface area contributed by atoms with Crippen LogP contribution in [-0.2, 0) is 0 Å². The highest BCUT2D eigenvalue weighted by atomic mass is 16.7. The summed E-state index contributed by atoms with van der Waals surface area (Å²) in [6, 6.07) is 7.82. The maximum absolute atomic E-state index is 6.66. The number of hydrogen-bond acceptors (Lipinski definition) is 7. The lowest BCUT2D eigenvalue weighted by Crippen LogP contribution is -2.52. The standard InChI is InChI=1S/C24H29NO6/c1-24(25-7-5-6-8-25)13-17(16-11-19-20(30-14-29-19)12-18(16)31-24)23-21(27-3)9-15(26-2)10-22(23)28-4/h9-12,17H,5-8,13-14H2,1-4H3. The Balaban J connectivity index is 1.69. The monoisotopic (exact) mass is 427 g/mol. The molecule has 7 nitrogen and oxygen atoms in total. The molecule has 1 saturated heterocycles. The van der Waals surface area contributed by atoms with Crippen LogP contribution in [0, 0.1) is 0 Å². The van der Waals surface area contributed by atoms with E-state index in [4.69, 9.17) is 28.4 Å². The maximum Gasteiger partial charge on any atom is 0.231 e. The van der Waals surface area contributed by atoms with Gasteiger partial charge >= 0.3 is 0 Å². The Bertz CT molecular complexity index is 961. The van der Waals surface area contributed by atoms with E-state index in [0.717, 1.165) is 59.4 Å². The molecule has 2 aromatic carbocycles. The molecule has 0 N–H and O–H groups in total. The van der Waals surface area contributed by atoms with Gasteiger partial charge in [-0.1, -0.05) is 0 Å². The number of ether oxygens (including phenoxy) is 6. The summed E-state index contributed by atoms with van der Waals surface area (Å²) in [4.78, 5) is 2.44. The molecule has 0 amide bonds. The highest BCUT2D eigenvalue weighted by molar-refractivity contribution is 5.61. The van der Waals surface area contributed by atoms with Crippen molar-refractivity contribution in [1.29, 1.82) is 0 Å². The minimum Gasteiger partial charge on any atom is -0.496 e. The number of hydrogen-bond donors (Lipinski definition) is 0. The number of benzene rings is 2. The molecule has 3 aliphatic rings. The van der Waals surface area contributed by atoms with Gasteiger partial charge in [0.25, 0.3) is 0 Å². The summed E-state index contributed by atoms with van der Waals surface area (Å²) in [5.74, 6) is 4.42. The van der Waals surface area contributed by atoms with Crippen LogP contribution in [0.2, 0.25) is 0 Å². The molecule has 0 radical (unpaired) electrons. The van der Waals surface area contributed by atoms with Gasteiger partial charge in [-0.3, -0.25) is 4.90 Å². The Morgan fingerprint density at radius 1 is 0.871 bits per heavy atom. The van der Waals surface area contributed by atoms with Crippen LogP contribution in [0.15, 0.2) is 24.3 Å². The second-order valence-electron chi connectivity index (χ2n) is 8.42. The van der Waals surface area contributed by atoms with E-state index in [9.17, 15) is 0 Å². The molecule has 1 fully saturated rings. The summed E-state index contributed by atoms with van der Waals surface area (Å²) in [5.41, 5.74) is 1.58. The molecular formula is C24H29NO6. The molecule has 7 heteroatoms. The minimum atomic E-state index is -0.447. The Morgan fingerprint density at radius 2 is 1.52 bits per heavy atom. The highest BCUT2D eigenvalue weighted by Gasteiger charge is 2.45. The maximum atomic E-state index is 6.66. The Hall–Kier alpha value is -2.80. The van der Waals surface area contributed by atoms with E-state index in [1.807, 2.05) is 24.3 Å². The smallest absolute Gasteiger partial charge is 0.231 e. The molecule has 3 aliphatic heterocycles. The molecule has 2 aromatic rings. The van der Waals surface area contributed by atoms with Gasteiger partial charge in [-0.15, -0.1) is 0 Å². The van der Waals surface area contributed by atoms with E-state index in [1.165, 1.54) is 12.8 Å². The van der Waals surface area contributed by atoms with Crippen molar-refractivity contribution in [3.8, 4) is 34.5 Å². The fraction of sp³-hybridized carbons (Fsp3) is 0.500. The summed E-state index contributed by atoms with van der Waals surface area (Å²) in [6.45, 7) is 4.46. The van der Waals surface area contributed by atoms with Crippen molar-refractivity contribution in [2.24, 2.45) is 0 Å². The van der Waals surface area contributed by atoms with Crippen LogP contribution in [0.25, 0.3) is 0 Å². The third kappa shape index (κ3) is 3.31. The first kappa shape index (κ1) is 20.1. The molecule has 31 heavy (non-hydrogen) atoms. The lowest BCUT2D eigenvalue weighted by atomic mass is 9.80. The number of nitrogens with zero attached hydrogens (tertiary/aromatic N) is 1. The van der Waals surface area contributed by atoms with Crippen LogP contribution in [0.5, 0.6) is 34.5 Å². The summed E-state index contributed by atoms with van der Waals surface area (Å²) >= 11 is 0. The van der Waals surface area contributed by atoms with E-state index in [2.05, 4.69) is 11.8 Å². The molecule has 2 unspecified atom stereocenters. The zero-order valence-electron chi connectivity index (χ0n) is 18.5. The predicted molar refractivity (Wildman–Crippen MR) is 115 cm³/mol. The second kappa shape index (κ2) is 7.71. The van der Waals surface area contributed by atoms with Crippen LogP contribution < -0.4 is 28.4 Å². The topological polar surface area (TPSA) is 58.6 Å². The van der Waals surface area contributed by atoms with E-state index in [1.54, 1.807) is 21.3 Å². The Morgan fingerprint density at radius 3 is 2.13 bits per heavy atom. The van der Waals surface area contributed by atoms with Gasteiger partial charge in [0.2, 0.25) is 6.79 Å². The van der Waals surface area contributed by atoms with Crippen molar-refractivity contribution in [2.45, 2.75) is 37.8 Å². The van der Waals surface area contributed by atoms with Crippen LogP contribution in [0.1, 0.15) is 43.2 Å². The number of rotatable bonds is 5. The lowest BCUT2D eigenvalue weighted by Gasteiger charge is -2.45. The molecule has 166 valence electrons. The van der Waals surface area contributed by atoms with Crippen molar-refractivity contribution in [3.63, 3.8) is 0 Å².